The lowest BCUT2D eigenvalue weighted by Gasteiger charge is -2.24. The van der Waals surface area contributed by atoms with Gasteiger partial charge >= 0.3 is 0 Å². The summed E-state index contributed by atoms with van der Waals surface area (Å²) >= 11 is 7.28. The van der Waals surface area contributed by atoms with Gasteiger partial charge in [0.2, 0.25) is 5.91 Å². The van der Waals surface area contributed by atoms with Gasteiger partial charge in [-0.25, -0.2) is 4.39 Å². The Morgan fingerprint density at radius 2 is 1.84 bits per heavy atom. The number of rotatable bonds is 12. The fourth-order valence-corrected chi connectivity index (χ4v) is 5.66. The first kappa shape index (κ1) is 31.1. The molecule has 3 heterocycles. The molecule has 1 unspecified atom stereocenters. The lowest BCUT2D eigenvalue weighted by Crippen LogP contribution is -2.36. The predicted molar refractivity (Wildman–Crippen MR) is 168 cm³/mol. The summed E-state index contributed by atoms with van der Waals surface area (Å²) in [6.45, 7) is 1.89. The molecule has 0 aliphatic carbocycles. The average Bonchev–Trinajstić information content (AvgIpc) is 3.57. The van der Waals surface area contributed by atoms with Gasteiger partial charge in [0, 0.05) is 59.5 Å². The van der Waals surface area contributed by atoms with Gasteiger partial charge in [-0.05, 0) is 47.0 Å². The standard InChI is InChI=1S/C32H30ClFN6O3S/c1-21(25-15-36-37-16-25)28-18-40(32(38-31(28)43)44-20-22-2-9-27(34)10-3-22)19-30(42)39(12-13-41)17-23-4-11-29(35-14-23)24-5-7-26(33)8-6-24/h2-11,14-16,18,21,41H,12-13,17,19-20H2,1H3,(H,36,37). The van der Waals surface area contributed by atoms with Gasteiger partial charge in [-0.15, -0.1) is 0 Å². The van der Waals surface area contributed by atoms with Gasteiger partial charge < -0.3 is 14.6 Å². The zero-order valence-electron chi connectivity index (χ0n) is 23.9. The van der Waals surface area contributed by atoms with Crippen LogP contribution in [0.1, 0.15) is 35.1 Å². The molecule has 0 spiro atoms. The van der Waals surface area contributed by atoms with E-state index < -0.39 is 5.56 Å². The number of nitrogens with zero attached hydrogens (tertiary/aromatic N) is 5. The van der Waals surface area contributed by atoms with Crippen molar-refractivity contribution in [1.82, 2.24) is 29.6 Å². The molecule has 44 heavy (non-hydrogen) atoms. The molecular formula is C32H30ClFN6O3S. The second kappa shape index (κ2) is 14.4. The molecule has 0 saturated heterocycles. The Kier molecular flexibility index (Phi) is 10.2. The number of nitrogens with one attached hydrogen (secondary N) is 1. The maximum atomic E-state index is 13.7. The fourth-order valence-electron chi connectivity index (χ4n) is 4.61. The first-order valence-electron chi connectivity index (χ1n) is 13.9. The van der Waals surface area contributed by atoms with Crippen molar-refractivity contribution in [2.24, 2.45) is 0 Å². The van der Waals surface area contributed by atoms with Crippen LogP contribution in [0.2, 0.25) is 5.02 Å². The Labute approximate surface area is 262 Å². The number of aliphatic hydroxyl groups is 1. The number of benzene rings is 2. The van der Waals surface area contributed by atoms with Crippen LogP contribution in [0.15, 0.2) is 95.4 Å². The molecule has 3 aromatic heterocycles. The molecule has 2 N–H and O–H groups in total. The summed E-state index contributed by atoms with van der Waals surface area (Å²) in [6.07, 6.45) is 6.73. The Balaban J connectivity index is 1.38. The first-order valence-corrected chi connectivity index (χ1v) is 15.2. The summed E-state index contributed by atoms with van der Waals surface area (Å²) in [6, 6.07) is 17.2. The monoisotopic (exact) mass is 632 g/mol. The van der Waals surface area contributed by atoms with Gasteiger partial charge in [-0.1, -0.05) is 60.6 Å². The molecule has 0 aliphatic rings. The molecule has 0 radical (unpaired) electrons. The highest BCUT2D eigenvalue weighted by Gasteiger charge is 2.21. The van der Waals surface area contributed by atoms with Crippen molar-refractivity contribution in [3.05, 3.63) is 129 Å². The van der Waals surface area contributed by atoms with Crippen molar-refractivity contribution >= 4 is 29.3 Å². The maximum Gasteiger partial charge on any atom is 0.277 e. The number of H-pyrrole nitrogens is 1. The van der Waals surface area contributed by atoms with E-state index >= 15 is 0 Å². The van der Waals surface area contributed by atoms with Crippen LogP contribution in [0.3, 0.4) is 0 Å². The number of carbonyl (C=O) groups is 1. The Hall–Kier alpha value is -4.32. The van der Waals surface area contributed by atoms with E-state index in [1.165, 1.54) is 23.9 Å². The molecule has 5 aromatic rings. The molecule has 12 heteroatoms. The van der Waals surface area contributed by atoms with E-state index in [9.17, 15) is 19.1 Å². The largest absolute Gasteiger partial charge is 0.395 e. The van der Waals surface area contributed by atoms with Crippen LogP contribution in [0.5, 0.6) is 0 Å². The van der Waals surface area contributed by atoms with Crippen molar-refractivity contribution in [3.8, 4) is 11.3 Å². The highest BCUT2D eigenvalue weighted by molar-refractivity contribution is 7.98. The minimum atomic E-state index is -0.400. The highest BCUT2D eigenvalue weighted by Crippen LogP contribution is 2.25. The van der Waals surface area contributed by atoms with Crippen LogP contribution in [0.25, 0.3) is 11.3 Å². The number of aromatic amines is 1. The van der Waals surface area contributed by atoms with Crippen molar-refractivity contribution < 1.29 is 14.3 Å². The number of hydrogen-bond acceptors (Lipinski definition) is 7. The number of hydrogen-bond donors (Lipinski definition) is 2. The van der Waals surface area contributed by atoms with Crippen LogP contribution >= 0.6 is 23.4 Å². The molecule has 0 aliphatic heterocycles. The van der Waals surface area contributed by atoms with E-state index in [4.69, 9.17) is 11.6 Å². The summed E-state index contributed by atoms with van der Waals surface area (Å²) < 4.78 is 15.1. The van der Waals surface area contributed by atoms with E-state index in [0.29, 0.717) is 21.5 Å². The number of thioether (sulfide) groups is 1. The Morgan fingerprint density at radius 1 is 1.09 bits per heavy atom. The van der Waals surface area contributed by atoms with Crippen LogP contribution in [0.4, 0.5) is 4.39 Å². The van der Waals surface area contributed by atoms with Crippen molar-refractivity contribution in [1.29, 1.82) is 0 Å². The van der Waals surface area contributed by atoms with Crippen molar-refractivity contribution in [2.75, 3.05) is 13.2 Å². The van der Waals surface area contributed by atoms with Gasteiger partial charge in [-0.2, -0.15) is 10.1 Å². The van der Waals surface area contributed by atoms with Crippen molar-refractivity contribution in [3.63, 3.8) is 0 Å². The van der Waals surface area contributed by atoms with Crippen LogP contribution < -0.4 is 5.56 Å². The third-order valence-electron chi connectivity index (χ3n) is 7.12. The summed E-state index contributed by atoms with van der Waals surface area (Å²) in [5, 5.41) is 17.5. The molecule has 2 aromatic carbocycles. The minimum absolute atomic E-state index is 0.111. The van der Waals surface area contributed by atoms with Crippen LogP contribution in [0, 0.1) is 5.82 Å². The van der Waals surface area contributed by atoms with Gasteiger partial charge in [0.15, 0.2) is 5.16 Å². The molecule has 0 fully saturated rings. The molecule has 5 rings (SSSR count). The lowest BCUT2D eigenvalue weighted by molar-refractivity contribution is -0.133. The number of amides is 1. The molecule has 9 nitrogen and oxygen atoms in total. The number of pyridine rings is 1. The molecule has 226 valence electrons. The third kappa shape index (κ3) is 7.79. The second-order valence-electron chi connectivity index (χ2n) is 10.2. The number of halogens is 2. The van der Waals surface area contributed by atoms with E-state index in [1.807, 2.05) is 31.2 Å². The van der Waals surface area contributed by atoms with Crippen LogP contribution in [-0.2, 0) is 23.6 Å². The Bertz CT molecular complexity index is 1750. The molecule has 0 bridgehead atoms. The summed E-state index contributed by atoms with van der Waals surface area (Å²) in [5.41, 5.74) is 4.15. The summed E-state index contributed by atoms with van der Waals surface area (Å²) in [7, 11) is 0. The average molecular weight is 633 g/mol. The number of aromatic nitrogens is 5. The zero-order chi connectivity index (χ0) is 31.1. The fraction of sp³-hybridized carbons (Fsp3) is 0.219. The highest BCUT2D eigenvalue weighted by atomic mass is 35.5. The predicted octanol–water partition coefficient (Wildman–Crippen LogP) is 5.29. The Morgan fingerprint density at radius 3 is 2.50 bits per heavy atom. The second-order valence-corrected chi connectivity index (χ2v) is 11.6. The lowest BCUT2D eigenvalue weighted by atomic mass is 9.98. The van der Waals surface area contributed by atoms with E-state index in [2.05, 4.69) is 20.2 Å². The van der Waals surface area contributed by atoms with Gasteiger partial charge in [-0.3, -0.25) is 19.7 Å². The zero-order valence-corrected chi connectivity index (χ0v) is 25.4. The smallest absolute Gasteiger partial charge is 0.277 e. The number of aliphatic hydroxyl groups excluding tert-OH is 1. The van der Waals surface area contributed by atoms with Crippen LogP contribution in [-0.4, -0.2) is 53.8 Å². The summed E-state index contributed by atoms with van der Waals surface area (Å²) in [5.74, 6) is -0.499. The molecule has 1 amide bonds. The van der Waals surface area contributed by atoms with Gasteiger partial charge in [0.25, 0.3) is 5.56 Å². The van der Waals surface area contributed by atoms with Gasteiger partial charge in [0.05, 0.1) is 18.5 Å². The quantitative estimate of drug-likeness (QED) is 0.142. The molecular weight excluding hydrogens is 603 g/mol. The van der Waals surface area contributed by atoms with E-state index in [-0.39, 0.29) is 43.9 Å². The summed E-state index contributed by atoms with van der Waals surface area (Å²) in [4.78, 5) is 37.3. The molecule has 0 saturated carbocycles. The van der Waals surface area contributed by atoms with E-state index in [1.54, 1.807) is 58.5 Å². The SMILES string of the molecule is CC(c1cn[nH]c1)c1cn(CC(=O)N(CCO)Cc2ccc(-c3ccc(Cl)cc3)nc2)c(SCc2ccc(F)cc2)nc1=O. The normalized spacial score (nSPS) is 11.8. The number of carbonyl (C=O) groups excluding carboxylic acids is 1. The molecule has 1 atom stereocenters. The van der Waals surface area contributed by atoms with Gasteiger partial charge in [0.1, 0.15) is 12.4 Å². The first-order chi connectivity index (χ1) is 21.3. The third-order valence-corrected chi connectivity index (χ3v) is 8.43. The van der Waals surface area contributed by atoms with E-state index in [0.717, 1.165) is 27.9 Å². The van der Waals surface area contributed by atoms with Crippen molar-refractivity contribution in [2.45, 2.75) is 36.8 Å². The maximum absolute atomic E-state index is 13.7. The minimum Gasteiger partial charge on any atom is -0.395 e. The topological polar surface area (TPSA) is 117 Å².